The van der Waals surface area contributed by atoms with Crippen molar-refractivity contribution in [2.75, 3.05) is 7.11 Å². The molecule has 2 aliphatic rings. The molecular formula is C13H22O2. The van der Waals surface area contributed by atoms with Gasteiger partial charge in [0.1, 0.15) is 5.60 Å². The van der Waals surface area contributed by atoms with Crippen molar-refractivity contribution in [3.8, 4) is 0 Å². The summed E-state index contributed by atoms with van der Waals surface area (Å²) >= 11 is 0. The van der Waals surface area contributed by atoms with Crippen LogP contribution in [0.25, 0.3) is 0 Å². The van der Waals surface area contributed by atoms with E-state index < -0.39 is 0 Å². The van der Waals surface area contributed by atoms with Crippen LogP contribution < -0.4 is 0 Å². The van der Waals surface area contributed by atoms with Gasteiger partial charge in [-0.15, -0.1) is 0 Å². The standard InChI is InChI=1S/C13H22O2/c1-3-4-5-6-10-9-13(15-2)8-7-11(10)12(13)14/h9,11-12,14H,3-8H2,1-2H3. The molecule has 2 bridgehead atoms. The third-order valence-electron chi connectivity index (χ3n) is 4.08. The van der Waals surface area contributed by atoms with Gasteiger partial charge >= 0.3 is 0 Å². The molecule has 3 atom stereocenters. The summed E-state index contributed by atoms with van der Waals surface area (Å²) in [5.74, 6) is 0.391. The van der Waals surface area contributed by atoms with Crippen molar-refractivity contribution < 1.29 is 9.84 Å². The fraction of sp³-hybridized carbons (Fsp3) is 0.846. The van der Waals surface area contributed by atoms with Crippen LogP contribution in [0.2, 0.25) is 0 Å². The molecule has 0 radical (unpaired) electrons. The minimum absolute atomic E-state index is 0.279. The van der Waals surface area contributed by atoms with Crippen molar-refractivity contribution >= 4 is 0 Å². The maximum atomic E-state index is 10.1. The van der Waals surface area contributed by atoms with Crippen molar-refractivity contribution in [2.24, 2.45) is 5.92 Å². The van der Waals surface area contributed by atoms with Crippen molar-refractivity contribution in [1.29, 1.82) is 0 Å². The SMILES string of the molecule is CCCCCC1=CC2(OC)CCC1C2O. The van der Waals surface area contributed by atoms with E-state index in [0.717, 1.165) is 19.3 Å². The number of rotatable bonds is 5. The molecule has 1 N–H and O–H groups in total. The van der Waals surface area contributed by atoms with E-state index in [2.05, 4.69) is 13.0 Å². The molecule has 0 saturated heterocycles. The van der Waals surface area contributed by atoms with Gasteiger partial charge in [-0.1, -0.05) is 31.4 Å². The molecule has 0 heterocycles. The van der Waals surface area contributed by atoms with E-state index in [1.165, 1.54) is 24.8 Å². The molecule has 0 aromatic carbocycles. The first-order chi connectivity index (χ1) is 7.23. The van der Waals surface area contributed by atoms with Crippen LogP contribution in [0, 0.1) is 5.92 Å². The smallest absolute Gasteiger partial charge is 0.112 e. The van der Waals surface area contributed by atoms with E-state index in [9.17, 15) is 5.11 Å². The number of ether oxygens (including phenoxy) is 1. The molecule has 2 nitrogen and oxygen atoms in total. The average molecular weight is 210 g/mol. The summed E-state index contributed by atoms with van der Waals surface area (Å²) in [4.78, 5) is 0. The molecule has 0 spiro atoms. The lowest BCUT2D eigenvalue weighted by Gasteiger charge is -2.24. The highest BCUT2D eigenvalue weighted by Gasteiger charge is 2.52. The number of methoxy groups -OCH3 is 1. The lowest BCUT2D eigenvalue weighted by atomic mass is 9.93. The number of hydrogen-bond acceptors (Lipinski definition) is 2. The highest BCUT2D eigenvalue weighted by atomic mass is 16.5. The van der Waals surface area contributed by atoms with Crippen LogP contribution >= 0.6 is 0 Å². The third-order valence-corrected chi connectivity index (χ3v) is 4.08. The second kappa shape index (κ2) is 4.26. The maximum absolute atomic E-state index is 10.1. The monoisotopic (exact) mass is 210 g/mol. The van der Waals surface area contributed by atoms with Gasteiger partial charge in [0.05, 0.1) is 6.10 Å². The van der Waals surface area contributed by atoms with Gasteiger partial charge in [0, 0.05) is 13.0 Å². The Kier molecular flexibility index (Phi) is 3.17. The van der Waals surface area contributed by atoms with Gasteiger partial charge in [0.15, 0.2) is 0 Å². The van der Waals surface area contributed by atoms with E-state index in [4.69, 9.17) is 4.74 Å². The van der Waals surface area contributed by atoms with Crippen molar-refractivity contribution in [3.63, 3.8) is 0 Å². The highest BCUT2D eigenvalue weighted by Crippen LogP contribution is 2.50. The normalized spacial score (nSPS) is 38.5. The van der Waals surface area contributed by atoms with Gasteiger partial charge < -0.3 is 9.84 Å². The Morgan fingerprint density at radius 1 is 1.53 bits per heavy atom. The molecule has 15 heavy (non-hydrogen) atoms. The van der Waals surface area contributed by atoms with Crippen molar-refractivity contribution in [2.45, 2.75) is 57.2 Å². The first-order valence-corrected chi connectivity index (χ1v) is 6.18. The topological polar surface area (TPSA) is 29.5 Å². The summed E-state index contributed by atoms with van der Waals surface area (Å²) in [6.07, 6.45) is 8.99. The van der Waals surface area contributed by atoms with Crippen LogP contribution in [-0.2, 0) is 4.74 Å². The summed E-state index contributed by atoms with van der Waals surface area (Å²) in [7, 11) is 1.72. The number of aliphatic hydroxyl groups is 1. The summed E-state index contributed by atoms with van der Waals surface area (Å²) in [6, 6.07) is 0. The van der Waals surface area contributed by atoms with E-state index in [-0.39, 0.29) is 11.7 Å². The van der Waals surface area contributed by atoms with E-state index in [1.54, 1.807) is 7.11 Å². The first-order valence-electron chi connectivity index (χ1n) is 6.18. The Labute approximate surface area is 92.3 Å². The minimum atomic E-state index is -0.327. The molecule has 2 heteroatoms. The zero-order valence-electron chi connectivity index (χ0n) is 9.83. The van der Waals surface area contributed by atoms with Gasteiger partial charge in [-0.25, -0.2) is 0 Å². The Morgan fingerprint density at radius 2 is 2.33 bits per heavy atom. The molecule has 0 amide bonds. The Balaban J connectivity index is 2.00. The minimum Gasteiger partial charge on any atom is -0.389 e. The van der Waals surface area contributed by atoms with Crippen LogP contribution in [0.5, 0.6) is 0 Å². The molecule has 2 rings (SSSR count). The number of fused-ring (bicyclic) bond motifs is 2. The van der Waals surface area contributed by atoms with E-state index in [1.807, 2.05) is 0 Å². The largest absolute Gasteiger partial charge is 0.389 e. The Bertz CT molecular complexity index is 259. The average Bonchev–Trinajstić information content (AvgIpc) is 2.71. The zero-order valence-corrected chi connectivity index (χ0v) is 9.83. The number of unbranched alkanes of at least 4 members (excludes halogenated alkanes) is 2. The summed E-state index contributed by atoms with van der Waals surface area (Å²) < 4.78 is 5.51. The third kappa shape index (κ3) is 1.74. The quantitative estimate of drug-likeness (QED) is 0.558. The lowest BCUT2D eigenvalue weighted by Crippen LogP contribution is -2.36. The highest BCUT2D eigenvalue weighted by molar-refractivity contribution is 5.31. The van der Waals surface area contributed by atoms with Gasteiger partial charge in [0.2, 0.25) is 0 Å². The Morgan fingerprint density at radius 3 is 2.93 bits per heavy atom. The molecule has 0 aliphatic heterocycles. The second-order valence-electron chi connectivity index (χ2n) is 4.93. The predicted octanol–water partition coefficient (Wildman–Crippen LogP) is 2.66. The molecule has 2 aliphatic carbocycles. The fourth-order valence-corrected chi connectivity index (χ4v) is 3.11. The maximum Gasteiger partial charge on any atom is 0.112 e. The van der Waals surface area contributed by atoms with E-state index in [0.29, 0.717) is 5.92 Å². The molecule has 86 valence electrons. The molecule has 3 unspecified atom stereocenters. The van der Waals surface area contributed by atoms with Gasteiger partial charge in [0.25, 0.3) is 0 Å². The van der Waals surface area contributed by atoms with Crippen LogP contribution in [0.4, 0.5) is 0 Å². The summed E-state index contributed by atoms with van der Waals surface area (Å²) in [5.41, 5.74) is 1.12. The van der Waals surface area contributed by atoms with Crippen molar-refractivity contribution in [1.82, 2.24) is 0 Å². The van der Waals surface area contributed by atoms with Crippen LogP contribution in [-0.4, -0.2) is 23.9 Å². The molecule has 1 fully saturated rings. The molecule has 0 aromatic rings. The van der Waals surface area contributed by atoms with Gasteiger partial charge in [-0.3, -0.25) is 0 Å². The molecule has 0 aromatic heterocycles. The van der Waals surface area contributed by atoms with Crippen LogP contribution in [0.1, 0.15) is 45.4 Å². The summed E-state index contributed by atoms with van der Waals surface area (Å²) in [6.45, 7) is 2.22. The van der Waals surface area contributed by atoms with Crippen molar-refractivity contribution in [3.05, 3.63) is 11.6 Å². The number of aliphatic hydroxyl groups excluding tert-OH is 1. The summed E-state index contributed by atoms with van der Waals surface area (Å²) in [5, 5.41) is 10.1. The van der Waals surface area contributed by atoms with Crippen LogP contribution in [0.3, 0.4) is 0 Å². The second-order valence-corrected chi connectivity index (χ2v) is 4.93. The predicted molar refractivity (Wildman–Crippen MR) is 60.7 cm³/mol. The molecule has 1 saturated carbocycles. The number of hydrogen-bond donors (Lipinski definition) is 1. The zero-order chi connectivity index (χ0) is 10.9. The van der Waals surface area contributed by atoms with Crippen LogP contribution in [0.15, 0.2) is 11.6 Å². The van der Waals surface area contributed by atoms with Gasteiger partial charge in [-0.2, -0.15) is 0 Å². The fourth-order valence-electron chi connectivity index (χ4n) is 3.11. The van der Waals surface area contributed by atoms with E-state index >= 15 is 0 Å². The first kappa shape index (κ1) is 11.2. The van der Waals surface area contributed by atoms with Gasteiger partial charge in [-0.05, 0) is 25.7 Å². The lowest BCUT2D eigenvalue weighted by molar-refractivity contribution is -0.0480. The Hall–Kier alpha value is -0.340. The molecular weight excluding hydrogens is 188 g/mol.